The van der Waals surface area contributed by atoms with Crippen molar-refractivity contribution in [3.8, 4) is 0 Å². The van der Waals surface area contributed by atoms with Crippen LogP contribution in [0.1, 0.15) is 17.5 Å². The molecule has 2 nitrogen and oxygen atoms in total. The number of rotatable bonds is 1. The third kappa shape index (κ3) is 2.76. The fourth-order valence-corrected chi connectivity index (χ4v) is 3.75. The number of aryl methyl sites for hydroxylation is 2. The molecule has 3 aromatic carbocycles. The number of nitrogens with one attached hydrogen (secondary N) is 1. The van der Waals surface area contributed by atoms with E-state index >= 15 is 0 Å². The summed E-state index contributed by atoms with van der Waals surface area (Å²) in [6, 6.07) is 21.3. The Bertz CT molecular complexity index is 911. The maximum Gasteiger partial charge on any atom is 0.177 e. The van der Waals surface area contributed by atoms with Crippen LogP contribution in [0.2, 0.25) is 0 Å². The lowest BCUT2D eigenvalue weighted by Crippen LogP contribution is -2.38. The van der Waals surface area contributed by atoms with E-state index in [1.807, 2.05) is 0 Å². The number of anilines is 2. The highest BCUT2D eigenvalue weighted by Crippen LogP contribution is 2.29. The van der Waals surface area contributed by atoms with Crippen molar-refractivity contribution in [3.63, 3.8) is 0 Å². The molecule has 0 amide bonds. The van der Waals surface area contributed by atoms with Gasteiger partial charge in [-0.05, 0) is 55.1 Å². The van der Waals surface area contributed by atoms with Gasteiger partial charge in [-0.3, -0.25) is 0 Å². The van der Waals surface area contributed by atoms with Gasteiger partial charge in [-0.25, -0.2) is 0 Å². The molecule has 0 fully saturated rings. The quantitative estimate of drug-likeness (QED) is 0.609. The summed E-state index contributed by atoms with van der Waals surface area (Å²) >= 11 is 5.74. The summed E-state index contributed by atoms with van der Waals surface area (Å²) in [5, 5.41) is 6.66. The van der Waals surface area contributed by atoms with Gasteiger partial charge >= 0.3 is 0 Å². The molecule has 1 aliphatic heterocycles. The zero-order valence-corrected chi connectivity index (χ0v) is 14.6. The molecule has 0 saturated heterocycles. The van der Waals surface area contributed by atoms with Crippen LogP contribution in [-0.4, -0.2) is 11.7 Å². The van der Waals surface area contributed by atoms with Crippen LogP contribution >= 0.6 is 12.2 Å². The highest BCUT2D eigenvalue weighted by atomic mass is 32.1. The fraction of sp³-hybridized carbons (Fsp3) is 0.190. The minimum atomic E-state index is 0.774. The molecular formula is C21H20N2S. The predicted molar refractivity (Wildman–Crippen MR) is 107 cm³/mol. The van der Waals surface area contributed by atoms with E-state index in [0.717, 1.165) is 30.2 Å². The second kappa shape index (κ2) is 6.25. The predicted octanol–water partition coefficient (Wildman–Crippen LogP) is 5.30. The van der Waals surface area contributed by atoms with Crippen LogP contribution in [0, 0.1) is 6.92 Å². The summed E-state index contributed by atoms with van der Waals surface area (Å²) in [5.74, 6) is 0. The lowest BCUT2D eigenvalue weighted by atomic mass is 10.00. The van der Waals surface area contributed by atoms with Crippen LogP contribution in [0.5, 0.6) is 0 Å². The van der Waals surface area contributed by atoms with E-state index < -0.39 is 0 Å². The van der Waals surface area contributed by atoms with E-state index in [4.69, 9.17) is 12.2 Å². The zero-order chi connectivity index (χ0) is 16.5. The van der Waals surface area contributed by atoms with Gasteiger partial charge < -0.3 is 10.2 Å². The van der Waals surface area contributed by atoms with Gasteiger partial charge in [0.15, 0.2) is 5.11 Å². The van der Waals surface area contributed by atoms with Crippen molar-refractivity contribution < 1.29 is 0 Å². The number of hydrogen-bond donors (Lipinski definition) is 1. The molecule has 0 bridgehead atoms. The summed E-state index contributed by atoms with van der Waals surface area (Å²) in [6.07, 6.45) is 2.26. The fourth-order valence-electron chi connectivity index (χ4n) is 3.45. The normalized spacial score (nSPS) is 13.6. The van der Waals surface area contributed by atoms with Gasteiger partial charge in [-0.15, -0.1) is 0 Å². The number of hydrogen-bond acceptors (Lipinski definition) is 1. The first-order valence-corrected chi connectivity index (χ1v) is 8.79. The standard InChI is InChI=1S/C21H20N2S/c1-15-11-12-20-17(14-15)8-5-13-23(20)21(24)22-19-10-4-7-16-6-2-3-9-18(16)19/h2-4,6-7,9-12,14H,5,8,13H2,1H3,(H,22,24). The molecule has 1 aliphatic rings. The second-order valence-electron chi connectivity index (χ2n) is 6.34. The molecule has 120 valence electrons. The van der Waals surface area contributed by atoms with Crippen molar-refractivity contribution in [2.45, 2.75) is 19.8 Å². The van der Waals surface area contributed by atoms with Crippen LogP contribution in [-0.2, 0) is 6.42 Å². The van der Waals surface area contributed by atoms with Gasteiger partial charge in [-0.1, -0.05) is 54.1 Å². The molecule has 3 aromatic rings. The van der Waals surface area contributed by atoms with Crippen molar-refractivity contribution >= 4 is 39.5 Å². The van der Waals surface area contributed by atoms with Gasteiger partial charge in [0.05, 0.1) is 0 Å². The summed E-state index contributed by atoms with van der Waals surface area (Å²) in [6.45, 7) is 3.11. The van der Waals surface area contributed by atoms with E-state index in [0.29, 0.717) is 0 Å². The molecular weight excluding hydrogens is 312 g/mol. The largest absolute Gasteiger partial charge is 0.332 e. The first kappa shape index (κ1) is 15.2. The van der Waals surface area contributed by atoms with Crippen LogP contribution in [0.4, 0.5) is 11.4 Å². The zero-order valence-electron chi connectivity index (χ0n) is 13.8. The lowest BCUT2D eigenvalue weighted by Gasteiger charge is -2.32. The van der Waals surface area contributed by atoms with Crippen LogP contribution < -0.4 is 10.2 Å². The molecule has 0 aliphatic carbocycles. The molecule has 1 heterocycles. The van der Waals surface area contributed by atoms with E-state index in [1.165, 1.54) is 27.6 Å². The highest BCUT2D eigenvalue weighted by molar-refractivity contribution is 7.80. The number of fused-ring (bicyclic) bond motifs is 2. The molecule has 1 N–H and O–H groups in total. The summed E-state index contributed by atoms with van der Waals surface area (Å²) in [7, 11) is 0. The molecule has 24 heavy (non-hydrogen) atoms. The van der Waals surface area contributed by atoms with Crippen LogP contribution in [0.25, 0.3) is 10.8 Å². The Morgan fingerprint density at radius 2 is 1.88 bits per heavy atom. The van der Waals surface area contributed by atoms with E-state index in [-0.39, 0.29) is 0 Å². The molecule has 0 atom stereocenters. The average Bonchev–Trinajstić information content (AvgIpc) is 2.61. The van der Waals surface area contributed by atoms with Gasteiger partial charge in [0.1, 0.15) is 0 Å². The van der Waals surface area contributed by atoms with Gasteiger partial charge in [0.2, 0.25) is 0 Å². The first-order chi connectivity index (χ1) is 11.7. The maximum absolute atomic E-state index is 5.74. The smallest absolute Gasteiger partial charge is 0.177 e. The number of nitrogens with zero attached hydrogens (tertiary/aromatic N) is 1. The maximum atomic E-state index is 5.74. The number of benzene rings is 3. The van der Waals surface area contributed by atoms with Crippen LogP contribution in [0.3, 0.4) is 0 Å². The summed E-state index contributed by atoms with van der Waals surface area (Å²) in [4.78, 5) is 2.23. The Hall–Kier alpha value is -2.39. The summed E-state index contributed by atoms with van der Waals surface area (Å²) in [5.41, 5.74) is 5.01. The Morgan fingerprint density at radius 1 is 1.04 bits per heavy atom. The van der Waals surface area contributed by atoms with E-state index in [1.54, 1.807) is 0 Å². The van der Waals surface area contributed by atoms with Crippen molar-refractivity contribution in [1.82, 2.24) is 0 Å². The molecule has 3 heteroatoms. The Kier molecular flexibility index (Phi) is 3.95. The van der Waals surface area contributed by atoms with E-state index in [2.05, 4.69) is 77.8 Å². The minimum absolute atomic E-state index is 0.774. The van der Waals surface area contributed by atoms with Crippen molar-refractivity contribution in [3.05, 3.63) is 71.8 Å². The second-order valence-corrected chi connectivity index (χ2v) is 6.73. The molecule has 0 aromatic heterocycles. The lowest BCUT2D eigenvalue weighted by molar-refractivity contribution is 0.780. The third-order valence-electron chi connectivity index (χ3n) is 4.63. The molecule has 0 saturated carbocycles. The molecule has 0 unspecified atom stereocenters. The topological polar surface area (TPSA) is 15.3 Å². The van der Waals surface area contributed by atoms with Crippen molar-refractivity contribution in [2.75, 3.05) is 16.8 Å². The average molecular weight is 332 g/mol. The Labute approximate surface area is 148 Å². The Balaban J connectivity index is 1.66. The molecule has 0 radical (unpaired) electrons. The van der Waals surface area contributed by atoms with E-state index in [9.17, 15) is 0 Å². The van der Waals surface area contributed by atoms with Gasteiger partial charge in [0, 0.05) is 23.3 Å². The van der Waals surface area contributed by atoms with Gasteiger partial charge in [-0.2, -0.15) is 0 Å². The van der Waals surface area contributed by atoms with Crippen molar-refractivity contribution in [1.29, 1.82) is 0 Å². The minimum Gasteiger partial charge on any atom is -0.332 e. The van der Waals surface area contributed by atoms with Crippen LogP contribution in [0.15, 0.2) is 60.7 Å². The summed E-state index contributed by atoms with van der Waals surface area (Å²) < 4.78 is 0. The monoisotopic (exact) mass is 332 g/mol. The SMILES string of the molecule is Cc1ccc2c(c1)CCCN2C(=S)Nc1cccc2ccccc12. The van der Waals surface area contributed by atoms with Gasteiger partial charge in [0.25, 0.3) is 0 Å². The molecule has 4 rings (SSSR count). The third-order valence-corrected chi connectivity index (χ3v) is 4.95. The highest BCUT2D eigenvalue weighted by Gasteiger charge is 2.20. The molecule has 0 spiro atoms. The Morgan fingerprint density at radius 3 is 2.79 bits per heavy atom. The van der Waals surface area contributed by atoms with Crippen molar-refractivity contribution in [2.24, 2.45) is 0 Å². The first-order valence-electron chi connectivity index (χ1n) is 8.38. The number of thiocarbonyl (C=S) groups is 1.